The Bertz CT molecular complexity index is 727. The van der Waals surface area contributed by atoms with Crippen molar-refractivity contribution < 1.29 is 9.53 Å². The monoisotopic (exact) mass is 355 g/mol. The molecule has 1 amide bonds. The van der Waals surface area contributed by atoms with Gasteiger partial charge in [0, 0.05) is 23.6 Å². The van der Waals surface area contributed by atoms with Gasteiger partial charge in [0.2, 0.25) is 0 Å². The highest BCUT2D eigenvalue weighted by molar-refractivity contribution is 7.98. The van der Waals surface area contributed by atoms with E-state index in [4.69, 9.17) is 4.74 Å². The van der Waals surface area contributed by atoms with E-state index in [1.807, 2.05) is 30.8 Å². The Kier molecular flexibility index (Phi) is 7.61. The van der Waals surface area contributed by atoms with Crippen LogP contribution >= 0.6 is 11.8 Å². The lowest BCUT2D eigenvalue weighted by Gasteiger charge is -2.09. The van der Waals surface area contributed by atoms with Crippen molar-refractivity contribution in [3.05, 3.63) is 77.4 Å². The van der Waals surface area contributed by atoms with Crippen molar-refractivity contribution >= 4 is 17.7 Å². The van der Waals surface area contributed by atoms with Crippen molar-refractivity contribution in [2.24, 2.45) is 0 Å². The SMILES string of the molecule is C=C(C)COc1cccc(C(=O)NCCSCc2ccccc2C)c1. The number of hydrogen-bond donors (Lipinski definition) is 1. The van der Waals surface area contributed by atoms with Gasteiger partial charge in [-0.2, -0.15) is 11.8 Å². The van der Waals surface area contributed by atoms with E-state index in [2.05, 4.69) is 43.1 Å². The van der Waals surface area contributed by atoms with Crippen LogP contribution in [0.5, 0.6) is 5.75 Å². The zero-order chi connectivity index (χ0) is 18.1. The molecule has 0 bridgehead atoms. The van der Waals surface area contributed by atoms with E-state index in [-0.39, 0.29) is 5.91 Å². The number of aryl methyl sites for hydroxylation is 1. The number of amides is 1. The van der Waals surface area contributed by atoms with Crippen LogP contribution < -0.4 is 10.1 Å². The molecule has 2 aromatic rings. The van der Waals surface area contributed by atoms with E-state index >= 15 is 0 Å². The van der Waals surface area contributed by atoms with Gasteiger partial charge in [0.15, 0.2) is 0 Å². The topological polar surface area (TPSA) is 38.3 Å². The van der Waals surface area contributed by atoms with Gasteiger partial charge < -0.3 is 10.1 Å². The molecule has 0 unspecified atom stereocenters. The molecule has 0 saturated heterocycles. The molecule has 0 aliphatic rings. The molecule has 0 radical (unpaired) electrons. The maximum atomic E-state index is 12.2. The number of carbonyl (C=O) groups excluding carboxylic acids is 1. The molecule has 4 heteroatoms. The molecule has 2 aromatic carbocycles. The number of ether oxygens (including phenoxy) is 1. The maximum Gasteiger partial charge on any atom is 0.251 e. The Balaban J connectivity index is 1.74. The molecule has 0 aromatic heterocycles. The summed E-state index contributed by atoms with van der Waals surface area (Å²) in [5, 5.41) is 2.96. The zero-order valence-electron chi connectivity index (χ0n) is 14.9. The first-order valence-corrected chi connectivity index (χ1v) is 9.49. The van der Waals surface area contributed by atoms with Crippen molar-refractivity contribution in [2.45, 2.75) is 19.6 Å². The highest BCUT2D eigenvalue weighted by Gasteiger charge is 2.06. The van der Waals surface area contributed by atoms with E-state index in [1.165, 1.54) is 11.1 Å². The second-order valence-corrected chi connectivity index (χ2v) is 7.11. The molecule has 0 spiro atoms. The Morgan fingerprint density at radius 2 is 2.00 bits per heavy atom. The summed E-state index contributed by atoms with van der Waals surface area (Å²) < 4.78 is 5.58. The van der Waals surface area contributed by atoms with Crippen LogP contribution in [0.25, 0.3) is 0 Å². The van der Waals surface area contributed by atoms with Crippen LogP contribution in [-0.4, -0.2) is 24.8 Å². The van der Waals surface area contributed by atoms with Crippen molar-refractivity contribution in [1.82, 2.24) is 5.32 Å². The van der Waals surface area contributed by atoms with E-state index in [0.717, 1.165) is 17.1 Å². The Labute approximate surface area is 154 Å². The summed E-state index contributed by atoms with van der Waals surface area (Å²) in [7, 11) is 0. The normalized spacial score (nSPS) is 10.3. The summed E-state index contributed by atoms with van der Waals surface area (Å²) >= 11 is 1.82. The van der Waals surface area contributed by atoms with Gasteiger partial charge in [0.05, 0.1) is 0 Å². The highest BCUT2D eigenvalue weighted by atomic mass is 32.2. The number of thioether (sulfide) groups is 1. The molecule has 0 fully saturated rings. The average Bonchev–Trinajstić information content (AvgIpc) is 2.61. The zero-order valence-corrected chi connectivity index (χ0v) is 15.7. The molecule has 0 saturated carbocycles. The van der Waals surface area contributed by atoms with Crippen LogP contribution in [-0.2, 0) is 5.75 Å². The van der Waals surface area contributed by atoms with E-state index in [1.54, 1.807) is 12.1 Å². The molecule has 0 heterocycles. The second kappa shape index (κ2) is 9.94. The summed E-state index contributed by atoms with van der Waals surface area (Å²) in [6.45, 7) is 8.94. The summed E-state index contributed by atoms with van der Waals surface area (Å²) in [4.78, 5) is 12.2. The smallest absolute Gasteiger partial charge is 0.251 e. The molecule has 132 valence electrons. The first-order valence-electron chi connectivity index (χ1n) is 8.34. The Morgan fingerprint density at radius 3 is 2.76 bits per heavy atom. The summed E-state index contributed by atoms with van der Waals surface area (Å²) in [5.74, 6) is 2.46. The minimum absolute atomic E-state index is 0.0720. The van der Waals surface area contributed by atoms with Gasteiger partial charge in [-0.15, -0.1) is 0 Å². The summed E-state index contributed by atoms with van der Waals surface area (Å²) in [6, 6.07) is 15.6. The third kappa shape index (κ3) is 6.67. The van der Waals surface area contributed by atoms with Crippen molar-refractivity contribution in [3.8, 4) is 5.75 Å². The van der Waals surface area contributed by atoms with Crippen molar-refractivity contribution in [1.29, 1.82) is 0 Å². The summed E-state index contributed by atoms with van der Waals surface area (Å²) in [5.41, 5.74) is 4.22. The number of hydrogen-bond acceptors (Lipinski definition) is 3. The Hall–Kier alpha value is -2.20. The minimum Gasteiger partial charge on any atom is -0.489 e. The number of nitrogens with one attached hydrogen (secondary N) is 1. The lowest BCUT2D eigenvalue weighted by Crippen LogP contribution is -2.25. The fraction of sp³-hybridized carbons (Fsp3) is 0.286. The molecule has 3 nitrogen and oxygen atoms in total. The number of benzene rings is 2. The van der Waals surface area contributed by atoms with Gasteiger partial charge in [-0.3, -0.25) is 4.79 Å². The van der Waals surface area contributed by atoms with Gasteiger partial charge in [-0.25, -0.2) is 0 Å². The lowest BCUT2D eigenvalue weighted by atomic mass is 10.1. The van der Waals surface area contributed by atoms with Gasteiger partial charge in [-0.05, 0) is 48.7 Å². The van der Waals surface area contributed by atoms with Crippen molar-refractivity contribution in [2.75, 3.05) is 18.9 Å². The third-order valence-corrected chi connectivity index (χ3v) is 4.64. The van der Waals surface area contributed by atoms with Crippen LogP contribution in [0.3, 0.4) is 0 Å². The molecular weight excluding hydrogens is 330 g/mol. The van der Waals surface area contributed by atoms with E-state index in [9.17, 15) is 4.79 Å². The minimum atomic E-state index is -0.0720. The fourth-order valence-electron chi connectivity index (χ4n) is 2.23. The predicted molar refractivity (Wildman–Crippen MR) is 106 cm³/mol. The largest absolute Gasteiger partial charge is 0.489 e. The predicted octanol–water partition coefficient (Wildman–Crippen LogP) is 4.61. The molecule has 1 N–H and O–H groups in total. The number of carbonyl (C=O) groups is 1. The van der Waals surface area contributed by atoms with Crippen molar-refractivity contribution in [3.63, 3.8) is 0 Å². The van der Waals surface area contributed by atoms with Gasteiger partial charge in [0.1, 0.15) is 12.4 Å². The molecule has 0 aliphatic carbocycles. The molecule has 2 rings (SSSR count). The quantitative estimate of drug-likeness (QED) is 0.527. The molecule has 0 aliphatic heterocycles. The third-order valence-electron chi connectivity index (χ3n) is 3.63. The fourth-order valence-corrected chi connectivity index (χ4v) is 3.16. The standard InChI is InChI=1S/C21H25NO2S/c1-16(2)14-24-20-10-6-9-18(13-20)21(23)22-11-12-25-15-19-8-5-4-7-17(19)3/h4-10,13H,1,11-12,14-15H2,2-3H3,(H,22,23). The van der Waals surface area contributed by atoms with Crippen LogP contribution in [0.1, 0.15) is 28.4 Å². The van der Waals surface area contributed by atoms with Gasteiger partial charge >= 0.3 is 0 Å². The average molecular weight is 356 g/mol. The van der Waals surface area contributed by atoms with Crippen LogP contribution in [0.2, 0.25) is 0 Å². The van der Waals surface area contributed by atoms with Crippen LogP contribution in [0.4, 0.5) is 0 Å². The van der Waals surface area contributed by atoms with Crippen LogP contribution in [0.15, 0.2) is 60.7 Å². The van der Waals surface area contributed by atoms with Crippen LogP contribution in [0, 0.1) is 6.92 Å². The van der Waals surface area contributed by atoms with E-state index in [0.29, 0.717) is 24.5 Å². The maximum absolute atomic E-state index is 12.2. The van der Waals surface area contributed by atoms with Gasteiger partial charge in [-0.1, -0.05) is 36.9 Å². The first-order chi connectivity index (χ1) is 12.1. The molecule has 25 heavy (non-hydrogen) atoms. The number of rotatable bonds is 9. The summed E-state index contributed by atoms with van der Waals surface area (Å²) in [6.07, 6.45) is 0. The van der Waals surface area contributed by atoms with Gasteiger partial charge in [0.25, 0.3) is 5.91 Å². The molecular formula is C21H25NO2S. The highest BCUT2D eigenvalue weighted by Crippen LogP contribution is 2.16. The first kappa shape index (κ1) is 19.1. The second-order valence-electron chi connectivity index (χ2n) is 6.01. The molecule has 0 atom stereocenters. The Morgan fingerprint density at radius 1 is 1.20 bits per heavy atom. The van der Waals surface area contributed by atoms with E-state index < -0.39 is 0 Å². The lowest BCUT2D eigenvalue weighted by molar-refractivity contribution is 0.0955.